The van der Waals surface area contributed by atoms with Crippen LogP contribution in [0.15, 0.2) is 17.1 Å². The molecule has 0 unspecified atom stereocenters. The van der Waals surface area contributed by atoms with Crippen molar-refractivity contribution in [1.82, 2.24) is 10.3 Å². The minimum absolute atomic E-state index is 0.207. The molecule has 0 radical (unpaired) electrons. The van der Waals surface area contributed by atoms with Gasteiger partial charge in [-0.1, -0.05) is 0 Å². The van der Waals surface area contributed by atoms with E-state index in [4.69, 9.17) is 9.84 Å². The number of rotatable bonds is 7. The van der Waals surface area contributed by atoms with E-state index in [2.05, 4.69) is 15.3 Å². The summed E-state index contributed by atoms with van der Waals surface area (Å²) in [5.41, 5.74) is 0.525. The lowest BCUT2D eigenvalue weighted by Gasteiger charge is -2.06. The molecule has 2 heterocycles. The SMILES string of the molecule is CNCCCOc1cc2sc(C3=N[C@@H](C(=O)O)CS3)nc2cc1F. The van der Waals surface area contributed by atoms with Gasteiger partial charge in [-0.2, -0.15) is 0 Å². The van der Waals surface area contributed by atoms with Crippen LogP contribution in [-0.2, 0) is 4.79 Å². The summed E-state index contributed by atoms with van der Waals surface area (Å²) >= 11 is 2.72. The molecule has 3 rings (SSSR count). The van der Waals surface area contributed by atoms with Gasteiger partial charge < -0.3 is 15.2 Å². The molecule has 0 fully saturated rings. The number of carboxylic acid groups (broad SMARTS) is 1. The topological polar surface area (TPSA) is 83.8 Å². The van der Waals surface area contributed by atoms with Crippen LogP contribution >= 0.6 is 23.1 Å². The van der Waals surface area contributed by atoms with Gasteiger partial charge in [-0.25, -0.2) is 14.2 Å². The number of fused-ring (bicyclic) bond motifs is 1. The number of aromatic nitrogens is 1. The first-order valence-corrected chi connectivity index (χ1v) is 9.20. The number of halogens is 1. The van der Waals surface area contributed by atoms with Crippen molar-refractivity contribution in [3.63, 3.8) is 0 Å². The largest absolute Gasteiger partial charge is 0.490 e. The highest BCUT2D eigenvalue weighted by Gasteiger charge is 2.27. The van der Waals surface area contributed by atoms with Crippen LogP contribution in [0.2, 0.25) is 0 Å². The van der Waals surface area contributed by atoms with Gasteiger partial charge in [0.15, 0.2) is 17.6 Å². The van der Waals surface area contributed by atoms with Crippen LogP contribution in [0.3, 0.4) is 0 Å². The van der Waals surface area contributed by atoms with Crippen molar-refractivity contribution in [2.45, 2.75) is 12.5 Å². The van der Waals surface area contributed by atoms with Crippen molar-refractivity contribution >= 4 is 44.3 Å². The third-order valence-electron chi connectivity index (χ3n) is 3.39. The van der Waals surface area contributed by atoms with Crippen LogP contribution in [-0.4, -0.2) is 53.1 Å². The molecule has 2 aromatic rings. The third-order valence-corrected chi connectivity index (χ3v) is 5.60. The van der Waals surface area contributed by atoms with Crippen molar-refractivity contribution in [2.75, 3.05) is 26.0 Å². The summed E-state index contributed by atoms with van der Waals surface area (Å²) in [6.07, 6.45) is 0.784. The number of nitrogens with one attached hydrogen (secondary N) is 1. The highest BCUT2D eigenvalue weighted by molar-refractivity contribution is 8.15. The van der Waals surface area contributed by atoms with Gasteiger partial charge in [-0.05, 0) is 20.0 Å². The molecule has 128 valence electrons. The Labute approximate surface area is 146 Å². The normalized spacial score (nSPS) is 17.2. The van der Waals surface area contributed by atoms with E-state index in [1.54, 1.807) is 6.07 Å². The number of nitrogens with zero attached hydrogens (tertiary/aromatic N) is 2. The summed E-state index contributed by atoms with van der Waals surface area (Å²) in [4.78, 5) is 19.5. The van der Waals surface area contributed by atoms with Gasteiger partial charge in [0.05, 0.1) is 16.8 Å². The maximum Gasteiger partial charge on any atom is 0.329 e. The summed E-state index contributed by atoms with van der Waals surface area (Å²) in [5, 5.41) is 13.2. The Kier molecular flexibility index (Phi) is 5.32. The minimum atomic E-state index is -0.943. The number of thioether (sulfide) groups is 1. The average molecular weight is 369 g/mol. The Balaban J connectivity index is 1.81. The molecule has 1 aliphatic heterocycles. The summed E-state index contributed by atoms with van der Waals surface area (Å²) in [5.74, 6) is -0.789. The molecule has 2 N–H and O–H groups in total. The molecule has 0 spiro atoms. The van der Waals surface area contributed by atoms with Crippen LogP contribution < -0.4 is 10.1 Å². The fraction of sp³-hybridized carbons (Fsp3) is 0.400. The first-order valence-electron chi connectivity index (χ1n) is 7.39. The lowest BCUT2D eigenvalue weighted by molar-refractivity contribution is -0.137. The number of carbonyl (C=O) groups is 1. The summed E-state index contributed by atoms with van der Waals surface area (Å²) < 4.78 is 20.4. The van der Waals surface area contributed by atoms with E-state index in [9.17, 15) is 9.18 Å². The number of hydrogen-bond acceptors (Lipinski definition) is 7. The first kappa shape index (κ1) is 17.1. The maximum absolute atomic E-state index is 14.1. The molecule has 0 bridgehead atoms. The predicted octanol–water partition coefficient (Wildman–Crippen LogP) is 2.37. The zero-order valence-electron chi connectivity index (χ0n) is 12.9. The minimum Gasteiger partial charge on any atom is -0.490 e. The van der Waals surface area contributed by atoms with E-state index in [1.165, 1.54) is 29.2 Å². The van der Waals surface area contributed by atoms with E-state index in [0.717, 1.165) is 17.7 Å². The van der Waals surface area contributed by atoms with E-state index in [-0.39, 0.29) is 5.75 Å². The van der Waals surface area contributed by atoms with Gasteiger partial charge in [0, 0.05) is 17.9 Å². The quantitative estimate of drug-likeness (QED) is 0.729. The van der Waals surface area contributed by atoms with Crippen LogP contribution in [0.25, 0.3) is 10.2 Å². The number of ether oxygens (including phenoxy) is 1. The fourth-order valence-corrected chi connectivity index (χ4v) is 4.25. The van der Waals surface area contributed by atoms with E-state index < -0.39 is 17.8 Å². The van der Waals surface area contributed by atoms with Gasteiger partial charge in [-0.15, -0.1) is 23.1 Å². The lowest BCUT2D eigenvalue weighted by Crippen LogP contribution is -2.17. The summed E-state index contributed by atoms with van der Waals surface area (Å²) in [6, 6.07) is 2.25. The standard InChI is InChI=1S/C15H16FN3O3S2/c1-17-3-2-4-22-11-6-12-9(5-8(11)16)18-14(24-12)13-19-10(7-23-13)15(20)21/h5-6,10,17H,2-4,7H2,1H3,(H,20,21)/t10-/m1/s1. The molecule has 1 aliphatic rings. The van der Waals surface area contributed by atoms with Crippen molar-refractivity contribution in [3.05, 3.63) is 23.0 Å². The Morgan fingerprint density at radius 1 is 1.54 bits per heavy atom. The monoisotopic (exact) mass is 369 g/mol. The van der Waals surface area contributed by atoms with Gasteiger partial charge in [-0.3, -0.25) is 4.99 Å². The number of hydrogen-bond donors (Lipinski definition) is 2. The van der Waals surface area contributed by atoms with Gasteiger partial charge in [0.25, 0.3) is 0 Å². The number of thiazole rings is 1. The number of carboxylic acids is 1. The summed E-state index contributed by atoms with van der Waals surface area (Å²) in [6.45, 7) is 1.23. The molecule has 6 nitrogen and oxygen atoms in total. The van der Waals surface area contributed by atoms with Crippen LogP contribution in [0.1, 0.15) is 11.4 Å². The van der Waals surface area contributed by atoms with Crippen molar-refractivity contribution in [2.24, 2.45) is 4.99 Å². The van der Waals surface area contributed by atoms with Crippen molar-refractivity contribution in [3.8, 4) is 5.75 Å². The molecule has 1 aromatic heterocycles. The molecule has 1 aromatic carbocycles. The second-order valence-electron chi connectivity index (χ2n) is 5.17. The first-order chi connectivity index (χ1) is 11.6. The summed E-state index contributed by atoms with van der Waals surface area (Å²) in [7, 11) is 1.85. The predicted molar refractivity (Wildman–Crippen MR) is 94.0 cm³/mol. The maximum atomic E-state index is 14.1. The fourth-order valence-electron chi connectivity index (χ4n) is 2.18. The number of benzene rings is 1. The zero-order chi connectivity index (χ0) is 17.1. The smallest absolute Gasteiger partial charge is 0.329 e. The van der Waals surface area contributed by atoms with E-state index >= 15 is 0 Å². The van der Waals surface area contributed by atoms with E-state index in [1.807, 2.05) is 7.05 Å². The molecule has 24 heavy (non-hydrogen) atoms. The molecule has 0 aliphatic carbocycles. The van der Waals surface area contributed by atoms with Gasteiger partial charge in [0.1, 0.15) is 10.1 Å². The second-order valence-corrected chi connectivity index (χ2v) is 7.21. The highest BCUT2D eigenvalue weighted by Crippen LogP contribution is 2.33. The molecule has 1 atom stereocenters. The zero-order valence-corrected chi connectivity index (χ0v) is 14.5. The third kappa shape index (κ3) is 3.68. The lowest BCUT2D eigenvalue weighted by atomic mass is 10.3. The van der Waals surface area contributed by atoms with Gasteiger partial charge in [0.2, 0.25) is 0 Å². The molecule has 0 saturated heterocycles. The Bertz CT molecular complexity index is 794. The molecule has 0 saturated carbocycles. The average Bonchev–Trinajstić information content (AvgIpc) is 3.17. The van der Waals surface area contributed by atoms with E-state index in [0.29, 0.717) is 27.9 Å². The van der Waals surface area contributed by atoms with Gasteiger partial charge >= 0.3 is 5.97 Å². The second kappa shape index (κ2) is 7.45. The highest BCUT2D eigenvalue weighted by atomic mass is 32.2. The molecule has 0 amide bonds. The molecule has 9 heteroatoms. The Morgan fingerprint density at radius 2 is 2.38 bits per heavy atom. The van der Waals surface area contributed by atoms with Crippen LogP contribution in [0, 0.1) is 5.82 Å². The Morgan fingerprint density at radius 3 is 3.08 bits per heavy atom. The molecular formula is C15H16FN3O3S2. The number of aliphatic imine (C=N–C) groups is 1. The number of aliphatic carboxylic acids is 1. The van der Waals surface area contributed by atoms with Crippen LogP contribution in [0.4, 0.5) is 4.39 Å². The Hall–Kier alpha value is -1.71. The van der Waals surface area contributed by atoms with Crippen LogP contribution in [0.5, 0.6) is 5.75 Å². The van der Waals surface area contributed by atoms with Crippen molar-refractivity contribution < 1.29 is 19.0 Å². The molecular weight excluding hydrogens is 353 g/mol. The van der Waals surface area contributed by atoms with Crippen molar-refractivity contribution in [1.29, 1.82) is 0 Å².